The van der Waals surface area contributed by atoms with E-state index in [0.29, 0.717) is 17.4 Å². The fourth-order valence-corrected chi connectivity index (χ4v) is 2.02. The number of aromatic nitrogens is 1. The average molecular weight is 290 g/mol. The number of rotatable bonds is 4. The van der Waals surface area contributed by atoms with Gasteiger partial charge in [0.25, 0.3) is 5.91 Å². The highest BCUT2D eigenvalue weighted by molar-refractivity contribution is 6.33. The molecule has 2 N–H and O–H groups in total. The summed E-state index contributed by atoms with van der Waals surface area (Å²) in [7, 11) is 1.74. The molecule has 0 aliphatic rings. The molecule has 0 radical (unpaired) electrons. The summed E-state index contributed by atoms with van der Waals surface area (Å²) in [5, 5.41) is 6.04. The first kappa shape index (κ1) is 14.3. The third-order valence-corrected chi connectivity index (χ3v) is 3.16. The van der Waals surface area contributed by atoms with E-state index >= 15 is 0 Å². The van der Waals surface area contributed by atoms with Crippen molar-refractivity contribution in [3.63, 3.8) is 0 Å². The van der Waals surface area contributed by atoms with E-state index in [4.69, 9.17) is 11.6 Å². The highest BCUT2D eigenvalue weighted by Crippen LogP contribution is 2.16. The Balaban J connectivity index is 2.08. The average Bonchev–Trinajstić information content (AvgIpc) is 2.45. The molecule has 0 spiro atoms. The molecule has 0 saturated heterocycles. The van der Waals surface area contributed by atoms with Crippen LogP contribution < -0.4 is 10.6 Å². The second-order valence-electron chi connectivity index (χ2n) is 4.45. The number of nitrogens with zero attached hydrogens (tertiary/aromatic N) is 1. The molecule has 0 fully saturated rings. The topological polar surface area (TPSA) is 54.0 Å². The van der Waals surface area contributed by atoms with Crippen molar-refractivity contribution in [2.24, 2.45) is 0 Å². The number of nitrogens with one attached hydrogen (secondary N) is 2. The lowest BCUT2D eigenvalue weighted by molar-refractivity contribution is 0.0946. The van der Waals surface area contributed by atoms with Gasteiger partial charge in [-0.2, -0.15) is 0 Å². The van der Waals surface area contributed by atoms with E-state index in [1.165, 1.54) is 0 Å². The van der Waals surface area contributed by atoms with Crippen LogP contribution in [0.4, 0.5) is 5.82 Å². The van der Waals surface area contributed by atoms with Crippen LogP contribution in [0.2, 0.25) is 5.02 Å². The maximum Gasteiger partial charge on any atom is 0.271 e. The molecule has 1 aromatic heterocycles. The summed E-state index contributed by atoms with van der Waals surface area (Å²) >= 11 is 6.00. The monoisotopic (exact) mass is 289 g/mol. The van der Waals surface area contributed by atoms with Crippen molar-refractivity contribution in [2.75, 3.05) is 12.4 Å². The van der Waals surface area contributed by atoms with Crippen LogP contribution in [0.1, 0.15) is 21.6 Å². The van der Waals surface area contributed by atoms with E-state index in [-0.39, 0.29) is 11.6 Å². The normalized spacial score (nSPS) is 10.2. The molecule has 0 bridgehead atoms. The van der Waals surface area contributed by atoms with Crippen molar-refractivity contribution in [3.05, 3.63) is 58.2 Å². The van der Waals surface area contributed by atoms with Gasteiger partial charge in [0.15, 0.2) is 0 Å². The zero-order valence-electron chi connectivity index (χ0n) is 11.4. The Morgan fingerprint density at radius 3 is 2.80 bits per heavy atom. The van der Waals surface area contributed by atoms with Crippen LogP contribution in [0.3, 0.4) is 0 Å². The summed E-state index contributed by atoms with van der Waals surface area (Å²) in [6.07, 6.45) is 0. The van der Waals surface area contributed by atoms with Crippen molar-refractivity contribution in [2.45, 2.75) is 13.5 Å². The van der Waals surface area contributed by atoms with Gasteiger partial charge >= 0.3 is 0 Å². The minimum absolute atomic E-state index is 0.228. The lowest BCUT2D eigenvalue weighted by Crippen LogP contribution is -2.24. The van der Waals surface area contributed by atoms with E-state index < -0.39 is 0 Å². The number of hydrogen-bond acceptors (Lipinski definition) is 3. The third-order valence-electron chi connectivity index (χ3n) is 2.85. The number of aryl methyl sites for hydroxylation is 1. The summed E-state index contributed by atoms with van der Waals surface area (Å²) < 4.78 is 0. The van der Waals surface area contributed by atoms with Gasteiger partial charge in [0, 0.05) is 13.6 Å². The third kappa shape index (κ3) is 3.48. The summed E-state index contributed by atoms with van der Waals surface area (Å²) in [4.78, 5) is 16.3. The number of carbonyl (C=O) groups is 1. The molecule has 20 heavy (non-hydrogen) atoms. The van der Waals surface area contributed by atoms with Gasteiger partial charge in [0.1, 0.15) is 11.5 Å². The summed E-state index contributed by atoms with van der Waals surface area (Å²) in [5.74, 6) is 0.323. The molecule has 0 aliphatic carbocycles. The van der Waals surface area contributed by atoms with Gasteiger partial charge in [-0.25, -0.2) is 4.98 Å². The van der Waals surface area contributed by atoms with E-state index in [1.807, 2.05) is 31.2 Å². The first-order valence-electron chi connectivity index (χ1n) is 6.28. The lowest BCUT2D eigenvalue weighted by atomic mass is 10.1. The van der Waals surface area contributed by atoms with Crippen LogP contribution >= 0.6 is 11.6 Å². The van der Waals surface area contributed by atoms with Gasteiger partial charge in [0.05, 0.1) is 5.02 Å². The molecule has 5 heteroatoms. The molecule has 1 aromatic carbocycles. The highest BCUT2D eigenvalue weighted by atomic mass is 35.5. The van der Waals surface area contributed by atoms with Crippen molar-refractivity contribution < 1.29 is 4.79 Å². The molecule has 0 unspecified atom stereocenters. The number of hydrogen-bond donors (Lipinski definition) is 2. The number of pyridine rings is 1. The second kappa shape index (κ2) is 6.39. The van der Waals surface area contributed by atoms with Crippen LogP contribution in [0, 0.1) is 6.92 Å². The Labute approximate surface area is 123 Å². The zero-order chi connectivity index (χ0) is 14.5. The molecule has 0 atom stereocenters. The van der Waals surface area contributed by atoms with Crippen LogP contribution in [0.25, 0.3) is 0 Å². The predicted molar refractivity (Wildman–Crippen MR) is 81.1 cm³/mol. The van der Waals surface area contributed by atoms with Crippen LogP contribution in [-0.2, 0) is 6.54 Å². The van der Waals surface area contributed by atoms with E-state index in [2.05, 4.69) is 15.6 Å². The summed E-state index contributed by atoms with van der Waals surface area (Å²) in [6, 6.07) is 11.3. The maximum atomic E-state index is 12.1. The smallest absolute Gasteiger partial charge is 0.271 e. The molecular formula is C15H16ClN3O. The van der Waals surface area contributed by atoms with Crippen LogP contribution in [0.15, 0.2) is 36.4 Å². The minimum atomic E-state index is -0.284. The van der Waals surface area contributed by atoms with Crippen molar-refractivity contribution >= 4 is 23.3 Å². The van der Waals surface area contributed by atoms with Crippen LogP contribution in [0.5, 0.6) is 0 Å². The van der Waals surface area contributed by atoms with Crippen molar-refractivity contribution in [1.29, 1.82) is 0 Å². The Morgan fingerprint density at radius 2 is 2.10 bits per heavy atom. The number of anilines is 1. The molecule has 0 saturated carbocycles. The van der Waals surface area contributed by atoms with Gasteiger partial charge < -0.3 is 10.6 Å². The molecule has 1 amide bonds. The molecular weight excluding hydrogens is 274 g/mol. The molecule has 2 aromatic rings. The Hall–Kier alpha value is -2.07. The van der Waals surface area contributed by atoms with Gasteiger partial charge in [-0.1, -0.05) is 41.4 Å². The fourth-order valence-electron chi connectivity index (χ4n) is 1.83. The first-order chi connectivity index (χ1) is 9.60. The van der Waals surface area contributed by atoms with E-state index in [9.17, 15) is 4.79 Å². The number of carbonyl (C=O) groups excluding carboxylic acids is 1. The SMILES string of the molecule is CNc1ccc(Cl)c(C(=O)NCc2cccc(C)c2)n1. The minimum Gasteiger partial charge on any atom is -0.373 e. The largest absolute Gasteiger partial charge is 0.373 e. The van der Waals surface area contributed by atoms with Gasteiger partial charge in [-0.05, 0) is 24.6 Å². The molecule has 1 heterocycles. The van der Waals surface area contributed by atoms with Gasteiger partial charge in [-0.15, -0.1) is 0 Å². The van der Waals surface area contributed by atoms with Crippen molar-refractivity contribution in [1.82, 2.24) is 10.3 Å². The standard InChI is InChI=1S/C15H16ClN3O/c1-10-4-3-5-11(8-10)9-18-15(20)14-12(16)6-7-13(17-2)19-14/h3-8H,9H2,1-2H3,(H,17,19)(H,18,20). The quantitative estimate of drug-likeness (QED) is 0.910. The van der Waals surface area contributed by atoms with E-state index in [0.717, 1.165) is 11.1 Å². The predicted octanol–water partition coefficient (Wildman–Crippen LogP) is 3.02. The van der Waals surface area contributed by atoms with Crippen LogP contribution in [-0.4, -0.2) is 17.9 Å². The summed E-state index contributed by atoms with van der Waals surface area (Å²) in [6.45, 7) is 2.46. The van der Waals surface area contributed by atoms with Gasteiger partial charge in [0.2, 0.25) is 0 Å². The Morgan fingerprint density at radius 1 is 1.30 bits per heavy atom. The number of benzene rings is 1. The summed E-state index contributed by atoms with van der Waals surface area (Å²) in [5.41, 5.74) is 2.43. The molecule has 0 aliphatic heterocycles. The zero-order valence-corrected chi connectivity index (χ0v) is 12.2. The Kier molecular flexibility index (Phi) is 4.58. The lowest BCUT2D eigenvalue weighted by Gasteiger charge is -2.08. The number of amides is 1. The van der Waals surface area contributed by atoms with Gasteiger partial charge in [-0.3, -0.25) is 4.79 Å². The Bertz CT molecular complexity index is 628. The molecule has 2 rings (SSSR count). The highest BCUT2D eigenvalue weighted by Gasteiger charge is 2.12. The maximum absolute atomic E-state index is 12.1. The molecule has 104 valence electrons. The fraction of sp³-hybridized carbons (Fsp3) is 0.200. The van der Waals surface area contributed by atoms with Crippen molar-refractivity contribution in [3.8, 4) is 0 Å². The second-order valence-corrected chi connectivity index (χ2v) is 4.86. The first-order valence-corrected chi connectivity index (χ1v) is 6.66. The molecule has 4 nitrogen and oxygen atoms in total. The van der Waals surface area contributed by atoms with E-state index in [1.54, 1.807) is 19.2 Å². The number of halogens is 1.